The molecule has 7 unspecified atom stereocenters. The van der Waals surface area contributed by atoms with Gasteiger partial charge in [-0.15, -0.1) is 0 Å². The molecular formula is C83H155NO8. The van der Waals surface area contributed by atoms with Gasteiger partial charge < -0.3 is 40.3 Å². The number of hydrogen-bond donors (Lipinski definition) is 6. The van der Waals surface area contributed by atoms with Crippen LogP contribution in [0.2, 0.25) is 0 Å². The molecule has 0 aliphatic carbocycles. The summed E-state index contributed by atoms with van der Waals surface area (Å²) in [7, 11) is 0. The molecule has 0 aromatic carbocycles. The molecule has 1 aliphatic heterocycles. The monoisotopic (exact) mass is 1290 g/mol. The Morgan fingerprint density at radius 2 is 0.674 bits per heavy atom. The lowest BCUT2D eigenvalue weighted by Gasteiger charge is -2.40. The molecule has 1 aliphatic rings. The number of aliphatic hydroxyl groups excluding tert-OH is 5. The summed E-state index contributed by atoms with van der Waals surface area (Å²) in [5, 5.41) is 54.9. The molecular weight excluding hydrogens is 1140 g/mol. The molecule has 1 heterocycles. The van der Waals surface area contributed by atoms with Crippen LogP contribution < -0.4 is 5.32 Å². The molecule has 7 atom stereocenters. The summed E-state index contributed by atoms with van der Waals surface area (Å²) in [6.07, 6.45) is 93.8. The van der Waals surface area contributed by atoms with Crippen molar-refractivity contribution in [3.63, 3.8) is 0 Å². The fourth-order valence-electron chi connectivity index (χ4n) is 13.1. The van der Waals surface area contributed by atoms with Crippen LogP contribution in [0.25, 0.3) is 0 Å². The van der Waals surface area contributed by atoms with Gasteiger partial charge >= 0.3 is 0 Å². The van der Waals surface area contributed by atoms with Gasteiger partial charge in [-0.25, -0.2) is 0 Å². The predicted molar refractivity (Wildman–Crippen MR) is 396 cm³/mol. The van der Waals surface area contributed by atoms with Crippen LogP contribution in [0.1, 0.15) is 406 Å². The Labute approximate surface area is 570 Å². The van der Waals surface area contributed by atoms with E-state index in [0.29, 0.717) is 6.42 Å². The summed E-state index contributed by atoms with van der Waals surface area (Å²) in [4.78, 5) is 13.2. The summed E-state index contributed by atoms with van der Waals surface area (Å²) in [5.41, 5.74) is 0. The van der Waals surface area contributed by atoms with E-state index in [2.05, 4.69) is 67.8 Å². The molecule has 1 fully saturated rings. The molecule has 0 radical (unpaired) electrons. The van der Waals surface area contributed by atoms with Gasteiger partial charge in [-0.1, -0.05) is 402 Å². The SMILES string of the molecule is CC/C=C\C/C=C\C/C=C\C/C=C\CCCCCCCCCCCCCCCCCCCCCCCCCCCCC(=O)NC(COC1OC(CO)C(O)C(O)C1O)C(O)/C=C/CCCCCCCCCCCCCCCCCCCCCCCCCCCCCC. The first-order valence-electron chi connectivity index (χ1n) is 40.5. The maximum Gasteiger partial charge on any atom is 0.220 e. The average Bonchev–Trinajstić information content (AvgIpc) is 1.45. The Morgan fingerprint density at radius 3 is 1.00 bits per heavy atom. The van der Waals surface area contributed by atoms with E-state index >= 15 is 0 Å². The van der Waals surface area contributed by atoms with Crippen molar-refractivity contribution in [2.24, 2.45) is 0 Å². The largest absolute Gasteiger partial charge is 0.394 e. The van der Waals surface area contributed by atoms with Crippen LogP contribution in [0.4, 0.5) is 0 Å². The Bertz CT molecular complexity index is 1650. The molecule has 1 amide bonds. The highest BCUT2D eigenvalue weighted by molar-refractivity contribution is 5.76. The first kappa shape index (κ1) is 87.9. The molecule has 0 aromatic rings. The molecule has 0 saturated carbocycles. The fraction of sp³-hybridized carbons (Fsp3) is 0.867. The number of aliphatic hydroxyl groups is 5. The summed E-state index contributed by atoms with van der Waals surface area (Å²) >= 11 is 0. The highest BCUT2D eigenvalue weighted by Crippen LogP contribution is 2.24. The van der Waals surface area contributed by atoms with E-state index in [1.54, 1.807) is 6.08 Å². The van der Waals surface area contributed by atoms with Crippen molar-refractivity contribution < 1.29 is 39.8 Å². The second-order valence-corrected chi connectivity index (χ2v) is 28.2. The van der Waals surface area contributed by atoms with E-state index < -0.39 is 49.5 Å². The Kier molecular flexibility index (Phi) is 68.5. The van der Waals surface area contributed by atoms with Gasteiger partial charge in [-0.3, -0.25) is 4.79 Å². The summed E-state index contributed by atoms with van der Waals surface area (Å²) in [6, 6.07) is -0.806. The zero-order chi connectivity index (χ0) is 66.4. The van der Waals surface area contributed by atoms with Crippen molar-refractivity contribution in [1.82, 2.24) is 5.32 Å². The lowest BCUT2D eigenvalue weighted by atomic mass is 9.99. The molecule has 0 bridgehead atoms. The molecule has 0 spiro atoms. The van der Waals surface area contributed by atoms with Gasteiger partial charge in [-0.05, 0) is 57.8 Å². The van der Waals surface area contributed by atoms with Gasteiger partial charge in [0.05, 0.1) is 25.4 Å². The van der Waals surface area contributed by atoms with Gasteiger partial charge in [0.1, 0.15) is 24.4 Å². The molecule has 6 N–H and O–H groups in total. The van der Waals surface area contributed by atoms with Gasteiger partial charge in [0.15, 0.2) is 6.29 Å². The molecule has 0 aromatic heterocycles. The number of allylic oxidation sites excluding steroid dienone is 9. The number of unbranched alkanes of at least 4 members (excludes halogenated alkanes) is 54. The van der Waals surface area contributed by atoms with Crippen LogP contribution in [-0.2, 0) is 14.3 Å². The number of hydrogen-bond acceptors (Lipinski definition) is 8. The van der Waals surface area contributed by atoms with Crippen molar-refractivity contribution in [2.45, 2.75) is 448 Å². The highest BCUT2D eigenvalue weighted by Gasteiger charge is 2.44. The van der Waals surface area contributed by atoms with E-state index in [9.17, 15) is 30.3 Å². The summed E-state index contributed by atoms with van der Waals surface area (Å²) in [6.45, 7) is 3.73. The van der Waals surface area contributed by atoms with Gasteiger partial charge in [0, 0.05) is 6.42 Å². The predicted octanol–water partition coefficient (Wildman–Crippen LogP) is 23.3. The van der Waals surface area contributed by atoms with E-state index in [4.69, 9.17) is 9.47 Å². The topological polar surface area (TPSA) is 149 Å². The smallest absolute Gasteiger partial charge is 0.220 e. The van der Waals surface area contributed by atoms with Crippen molar-refractivity contribution in [3.05, 3.63) is 60.8 Å². The van der Waals surface area contributed by atoms with Crippen LogP contribution in [0.15, 0.2) is 60.8 Å². The van der Waals surface area contributed by atoms with Gasteiger partial charge in [-0.2, -0.15) is 0 Å². The average molecular weight is 1300 g/mol. The van der Waals surface area contributed by atoms with E-state index in [1.165, 1.54) is 321 Å². The van der Waals surface area contributed by atoms with Crippen molar-refractivity contribution in [3.8, 4) is 0 Å². The second kappa shape index (κ2) is 71.7. The molecule has 1 rings (SSSR count). The molecule has 540 valence electrons. The molecule has 9 nitrogen and oxygen atoms in total. The lowest BCUT2D eigenvalue weighted by molar-refractivity contribution is -0.302. The summed E-state index contributed by atoms with van der Waals surface area (Å²) in [5.74, 6) is -0.168. The number of carbonyl (C=O) groups is 1. The van der Waals surface area contributed by atoms with Crippen LogP contribution in [0.5, 0.6) is 0 Å². The van der Waals surface area contributed by atoms with Gasteiger partial charge in [0.2, 0.25) is 5.91 Å². The fourth-order valence-corrected chi connectivity index (χ4v) is 13.1. The third kappa shape index (κ3) is 59.2. The minimum Gasteiger partial charge on any atom is -0.394 e. The highest BCUT2D eigenvalue weighted by atomic mass is 16.7. The number of rotatable bonds is 72. The quantitative estimate of drug-likeness (QED) is 0.0261. The summed E-state index contributed by atoms with van der Waals surface area (Å²) < 4.78 is 11.4. The number of carbonyl (C=O) groups excluding carboxylic acids is 1. The van der Waals surface area contributed by atoms with E-state index in [0.717, 1.165) is 64.2 Å². The molecule has 9 heteroatoms. The third-order valence-corrected chi connectivity index (χ3v) is 19.3. The maximum absolute atomic E-state index is 13.2. The van der Waals surface area contributed by atoms with E-state index in [1.807, 2.05) is 6.08 Å². The van der Waals surface area contributed by atoms with Crippen molar-refractivity contribution in [2.75, 3.05) is 13.2 Å². The second-order valence-electron chi connectivity index (χ2n) is 28.2. The zero-order valence-electron chi connectivity index (χ0n) is 60.8. The third-order valence-electron chi connectivity index (χ3n) is 19.3. The van der Waals surface area contributed by atoms with Crippen LogP contribution >= 0.6 is 0 Å². The minimum atomic E-state index is -1.57. The number of ether oxygens (including phenoxy) is 2. The van der Waals surface area contributed by atoms with Crippen LogP contribution in [0, 0.1) is 0 Å². The Balaban J connectivity index is 2.05. The van der Waals surface area contributed by atoms with Crippen molar-refractivity contribution in [1.29, 1.82) is 0 Å². The molecule has 1 saturated heterocycles. The Hall–Kier alpha value is -2.11. The minimum absolute atomic E-state index is 0.168. The normalized spacial score (nSPS) is 17.9. The standard InChI is InChI=1S/C83H155NO8/c1-3-5-7-9-11-13-15-17-19-21-23-25-27-29-31-33-35-36-37-38-39-40-41-42-43-45-47-49-51-53-55-57-59-61-63-65-67-69-71-73-79(87)84-76(75-91-83-82(90)81(89)80(88)78(74-85)92-83)77(86)72-70-68-66-64-62-60-58-56-54-52-50-48-46-44-34-32-30-28-26-24-22-20-18-16-14-12-10-8-6-4-2/h5,7,11,13,17,19,23,25,70,72,76-78,80-83,85-86,88-90H,3-4,6,8-10,12,14-16,18,20-22,24,26-69,71,73-75H2,1-2H3,(H,84,87)/b7-5-,13-11-,19-17-,25-23-,72-70+. The van der Waals surface area contributed by atoms with Crippen molar-refractivity contribution >= 4 is 5.91 Å². The maximum atomic E-state index is 13.2. The zero-order valence-corrected chi connectivity index (χ0v) is 60.8. The first-order valence-corrected chi connectivity index (χ1v) is 40.5. The molecule has 92 heavy (non-hydrogen) atoms. The van der Waals surface area contributed by atoms with E-state index in [-0.39, 0.29) is 12.5 Å². The van der Waals surface area contributed by atoms with Crippen LogP contribution in [-0.4, -0.2) is 87.5 Å². The van der Waals surface area contributed by atoms with Crippen LogP contribution in [0.3, 0.4) is 0 Å². The number of amides is 1. The Morgan fingerprint density at radius 1 is 0.380 bits per heavy atom. The lowest BCUT2D eigenvalue weighted by Crippen LogP contribution is -2.60. The van der Waals surface area contributed by atoms with Gasteiger partial charge in [0.25, 0.3) is 0 Å². The number of nitrogens with one attached hydrogen (secondary N) is 1. The first-order chi connectivity index (χ1) is 45.3.